The maximum absolute atomic E-state index is 11.9. The third-order valence-electron chi connectivity index (χ3n) is 4.62. The summed E-state index contributed by atoms with van der Waals surface area (Å²) in [6.07, 6.45) is 3.20. The number of rotatable bonds is 5. The Morgan fingerprint density at radius 2 is 2.11 bits per heavy atom. The maximum Gasteiger partial charge on any atom is 0.337 e. The van der Waals surface area contributed by atoms with Crippen LogP contribution in [0.15, 0.2) is 41.6 Å². The average molecular weight is 369 g/mol. The van der Waals surface area contributed by atoms with E-state index in [0.29, 0.717) is 5.56 Å². The number of nitriles is 1. The Balaban J connectivity index is 2.42. The van der Waals surface area contributed by atoms with Crippen molar-refractivity contribution in [1.82, 2.24) is 5.32 Å². The number of aliphatic hydroxyl groups excluding tert-OH is 1. The number of hydrogen-bond acceptors (Lipinski definition) is 6. The van der Waals surface area contributed by atoms with Gasteiger partial charge >= 0.3 is 5.97 Å². The highest BCUT2D eigenvalue weighted by Crippen LogP contribution is 2.47. The summed E-state index contributed by atoms with van der Waals surface area (Å²) in [4.78, 5) is 25.8. The van der Waals surface area contributed by atoms with E-state index in [1.807, 2.05) is 37.9 Å². The van der Waals surface area contributed by atoms with Gasteiger partial charge in [0.1, 0.15) is 11.6 Å². The SMILES string of the molecule is COC(=O)c1ccc2c(c1)C(C)(C)/C(=C/C=C(\C#N)C(=O)NCCO)N2C. The van der Waals surface area contributed by atoms with Crippen molar-refractivity contribution in [2.75, 3.05) is 32.2 Å². The topological polar surface area (TPSA) is 103 Å². The van der Waals surface area contributed by atoms with Crippen LogP contribution < -0.4 is 10.2 Å². The van der Waals surface area contributed by atoms with Crippen LogP contribution >= 0.6 is 0 Å². The number of ether oxygens (including phenoxy) is 1. The molecular weight excluding hydrogens is 346 g/mol. The molecule has 0 aliphatic carbocycles. The number of nitrogens with zero attached hydrogens (tertiary/aromatic N) is 2. The van der Waals surface area contributed by atoms with Gasteiger partial charge in [-0.05, 0) is 35.9 Å². The third kappa shape index (κ3) is 3.86. The molecule has 0 saturated heterocycles. The molecule has 142 valence electrons. The van der Waals surface area contributed by atoms with Gasteiger partial charge in [0.05, 0.1) is 19.3 Å². The van der Waals surface area contributed by atoms with Crippen molar-refractivity contribution >= 4 is 17.6 Å². The Kier molecular flexibility index (Phi) is 6.03. The van der Waals surface area contributed by atoms with Gasteiger partial charge in [-0.2, -0.15) is 5.26 Å². The van der Waals surface area contributed by atoms with Crippen LogP contribution in [0.25, 0.3) is 0 Å². The van der Waals surface area contributed by atoms with Gasteiger partial charge in [-0.1, -0.05) is 13.8 Å². The number of methoxy groups -OCH3 is 1. The summed E-state index contributed by atoms with van der Waals surface area (Å²) in [6, 6.07) is 7.24. The molecule has 0 unspecified atom stereocenters. The first-order chi connectivity index (χ1) is 12.8. The molecule has 1 heterocycles. The summed E-state index contributed by atoms with van der Waals surface area (Å²) < 4.78 is 4.80. The van der Waals surface area contributed by atoms with Crippen molar-refractivity contribution in [1.29, 1.82) is 5.26 Å². The number of fused-ring (bicyclic) bond motifs is 1. The second-order valence-corrected chi connectivity index (χ2v) is 6.63. The van der Waals surface area contributed by atoms with Crippen LogP contribution in [0, 0.1) is 11.3 Å². The fraction of sp³-hybridized carbons (Fsp3) is 0.350. The summed E-state index contributed by atoms with van der Waals surface area (Å²) in [6.45, 7) is 3.91. The number of amides is 1. The smallest absolute Gasteiger partial charge is 0.337 e. The van der Waals surface area contributed by atoms with Gasteiger partial charge < -0.3 is 20.1 Å². The van der Waals surface area contributed by atoms with E-state index in [-0.39, 0.29) is 18.7 Å². The summed E-state index contributed by atoms with van der Waals surface area (Å²) >= 11 is 0. The summed E-state index contributed by atoms with van der Waals surface area (Å²) in [5, 5.41) is 20.5. The van der Waals surface area contributed by atoms with Crippen LogP contribution in [-0.2, 0) is 14.9 Å². The van der Waals surface area contributed by atoms with Crippen molar-refractivity contribution in [3.63, 3.8) is 0 Å². The highest BCUT2D eigenvalue weighted by molar-refractivity contribution is 5.97. The third-order valence-corrected chi connectivity index (χ3v) is 4.62. The number of nitrogens with one attached hydrogen (secondary N) is 1. The molecule has 1 aromatic rings. The lowest BCUT2D eigenvalue weighted by molar-refractivity contribution is -0.117. The molecule has 1 aliphatic rings. The van der Waals surface area contributed by atoms with Gasteiger partial charge in [-0.15, -0.1) is 0 Å². The summed E-state index contributed by atoms with van der Waals surface area (Å²) in [5.74, 6) is -0.937. The van der Waals surface area contributed by atoms with E-state index in [2.05, 4.69) is 5.32 Å². The Labute approximate surface area is 158 Å². The molecule has 0 atom stereocenters. The number of carbonyl (C=O) groups is 2. The zero-order valence-electron chi connectivity index (χ0n) is 15.9. The standard InChI is InChI=1S/C20H23N3O4/c1-20(2)15-11-13(19(26)27-4)5-7-16(15)23(3)17(20)8-6-14(12-21)18(25)22-9-10-24/h5-8,11,24H,9-10H2,1-4H3,(H,22,25)/b14-6+,17-8-. The monoisotopic (exact) mass is 369 g/mol. The quantitative estimate of drug-likeness (QED) is 0.465. The number of anilines is 1. The predicted molar refractivity (Wildman–Crippen MR) is 101 cm³/mol. The molecule has 1 aliphatic heterocycles. The maximum atomic E-state index is 11.9. The fourth-order valence-electron chi connectivity index (χ4n) is 3.17. The highest BCUT2D eigenvalue weighted by Gasteiger charge is 2.38. The zero-order chi connectivity index (χ0) is 20.2. The molecule has 0 bridgehead atoms. The minimum atomic E-state index is -0.535. The van der Waals surface area contributed by atoms with Crippen LogP contribution in [0.1, 0.15) is 29.8 Å². The van der Waals surface area contributed by atoms with Gasteiger partial charge in [0.2, 0.25) is 0 Å². The van der Waals surface area contributed by atoms with Crippen LogP contribution in [0.5, 0.6) is 0 Å². The number of aliphatic hydroxyl groups is 1. The van der Waals surface area contributed by atoms with E-state index < -0.39 is 17.3 Å². The molecule has 2 N–H and O–H groups in total. The molecule has 7 nitrogen and oxygen atoms in total. The number of likely N-dealkylation sites (N-methyl/N-ethyl adjacent to an activating group) is 1. The first-order valence-electron chi connectivity index (χ1n) is 8.46. The fourth-order valence-corrected chi connectivity index (χ4v) is 3.17. The molecule has 27 heavy (non-hydrogen) atoms. The second kappa shape index (κ2) is 8.06. The minimum Gasteiger partial charge on any atom is -0.465 e. The number of carbonyl (C=O) groups excluding carboxylic acids is 2. The molecule has 7 heteroatoms. The zero-order valence-corrected chi connectivity index (χ0v) is 15.9. The van der Waals surface area contributed by atoms with Gasteiger partial charge in [-0.25, -0.2) is 4.79 Å². The lowest BCUT2D eigenvalue weighted by Gasteiger charge is -2.23. The molecule has 2 rings (SSSR count). The molecular formula is C20H23N3O4. The summed E-state index contributed by atoms with van der Waals surface area (Å²) in [5.41, 5.74) is 2.75. The minimum absolute atomic E-state index is 0.0497. The van der Waals surface area contributed by atoms with E-state index >= 15 is 0 Å². The Morgan fingerprint density at radius 3 is 2.70 bits per heavy atom. The van der Waals surface area contributed by atoms with E-state index in [4.69, 9.17) is 9.84 Å². The second-order valence-electron chi connectivity index (χ2n) is 6.63. The normalized spacial score (nSPS) is 16.7. The molecule has 1 aromatic carbocycles. The largest absolute Gasteiger partial charge is 0.465 e. The molecule has 0 radical (unpaired) electrons. The van der Waals surface area contributed by atoms with Crippen molar-refractivity contribution in [3.05, 3.63) is 52.7 Å². The number of esters is 1. The van der Waals surface area contributed by atoms with Gasteiger partial charge in [0.15, 0.2) is 0 Å². The lowest BCUT2D eigenvalue weighted by Crippen LogP contribution is -2.27. The van der Waals surface area contributed by atoms with Crippen LogP contribution in [0.3, 0.4) is 0 Å². The highest BCUT2D eigenvalue weighted by atomic mass is 16.5. The number of allylic oxidation sites excluding steroid dienone is 3. The predicted octanol–water partition coefficient (Wildman–Crippen LogP) is 1.64. The Bertz CT molecular complexity index is 862. The van der Waals surface area contributed by atoms with Crippen molar-refractivity contribution in [2.24, 2.45) is 0 Å². The van der Waals surface area contributed by atoms with E-state index in [1.54, 1.807) is 18.2 Å². The number of benzene rings is 1. The van der Waals surface area contributed by atoms with Crippen LogP contribution in [-0.4, -0.2) is 44.3 Å². The van der Waals surface area contributed by atoms with E-state index in [1.165, 1.54) is 13.2 Å². The Hall–Kier alpha value is -3.11. The molecule has 0 saturated carbocycles. The molecule has 0 aromatic heterocycles. The number of hydrogen-bond donors (Lipinski definition) is 2. The Morgan fingerprint density at radius 1 is 1.41 bits per heavy atom. The molecule has 0 spiro atoms. The first kappa shape index (κ1) is 20.2. The molecule has 1 amide bonds. The summed E-state index contributed by atoms with van der Waals surface area (Å²) in [7, 11) is 3.23. The lowest BCUT2D eigenvalue weighted by atomic mass is 9.83. The first-order valence-corrected chi connectivity index (χ1v) is 8.46. The van der Waals surface area contributed by atoms with Crippen molar-refractivity contribution < 1.29 is 19.4 Å². The average Bonchev–Trinajstić information content (AvgIpc) is 2.85. The van der Waals surface area contributed by atoms with E-state index in [0.717, 1.165) is 16.9 Å². The molecule has 0 fully saturated rings. The van der Waals surface area contributed by atoms with Gasteiger partial charge in [-0.3, -0.25) is 4.79 Å². The van der Waals surface area contributed by atoms with E-state index in [9.17, 15) is 14.9 Å². The van der Waals surface area contributed by atoms with Gasteiger partial charge in [0, 0.05) is 30.4 Å². The van der Waals surface area contributed by atoms with Crippen LogP contribution in [0.2, 0.25) is 0 Å². The van der Waals surface area contributed by atoms with Crippen LogP contribution in [0.4, 0.5) is 5.69 Å². The van der Waals surface area contributed by atoms with Crippen molar-refractivity contribution in [3.8, 4) is 6.07 Å². The van der Waals surface area contributed by atoms with Crippen molar-refractivity contribution in [2.45, 2.75) is 19.3 Å². The van der Waals surface area contributed by atoms with Gasteiger partial charge in [0.25, 0.3) is 5.91 Å².